The summed E-state index contributed by atoms with van der Waals surface area (Å²) >= 11 is 0. The number of aryl methyl sites for hydroxylation is 1. The van der Waals surface area contributed by atoms with Crippen LogP contribution in [0.5, 0.6) is 0 Å². The van der Waals surface area contributed by atoms with E-state index in [4.69, 9.17) is 9.26 Å². The molecule has 1 fully saturated rings. The highest BCUT2D eigenvalue weighted by Gasteiger charge is 2.33. The lowest BCUT2D eigenvalue weighted by molar-refractivity contribution is -0.00580. The highest BCUT2D eigenvalue weighted by Crippen LogP contribution is 2.27. The van der Waals surface area contributed by atoms with Gasteiger partial charge in [-0.15, -0.1) is 0 Å². The number of rotatable bonds is 3. The maximum absolute atomic E-state index is 13.3. The van der Waals surface area contributed by atoms with Crippen molar-refractivity contribution in [2.45, 2.75) is 19.9 Å². The van der Waals surface area contributed by atoms with Gasteiger partial charge in [0.25, 0.3) is 5.91 Å². The van der Waals surface area contributed by atoms with E-state index in [0.717, 1.165) is 17.2 Å². The van der Waals surface area contributed by atoms with Gasteiger partial charge in [0.15, 0.2) is 5.82 Å². The van der Waals surface area contributed by atoms with Crippen LogP contribution in [-0.2, 0) is 4.74 Å². The highest BCUT2D eigenvalue weighted by atomic mass is 16.5. The van der Waals surface area contributed by atoms with Gasteiger partial charge in [-0.2, -0.15) is 4.98 Å². The summed E-state index contributed by atoms with van der Waals surface area (Å²) in [5.41, 5.74) is 2.45. The summed E-state index contributed by atoms with van der Waals surface area (Å²) in [7, 11) is 0. The molecule has 1 amide bonds. The number of carbonyl (C=O) groups excluding carboxylic acids is 1. The fourth-order valence-corrected chi connectivity index (χ4v) is 3.36. The topological polar surface area (TPSA) is 86.3 Å². The largest absolute Gasteiger partial charge is 0.377 e. The summed E-state index contributed by atoms with van der Waals surface area (Å²) in [6.07, 6.45) is 3.00. The standard InChI is InChI=1S/C18H19N5O3/c1-12-9-14(13(2)23(12)16-5-3-4-6-19-16)18(24)22-7-8-25-10-15(22)17-20-11-26-21-17/h3-6,9,11,15H,7-8,10H2,1-2H3/t15-/m1/s1. The smallest absolute Gasteiger partial charge is 0.256 e. The second-order valence-electron chi connectivity index (χ2n) is 6.19. The molecule has 0 saturated carbocycles. The molecule has 8 nitrogen and oxygen atoms in total. The van der Waals surface area contributed by atoms with Gasteiger partial charge in [-0.05, 0) is 32.0 Å². The van der Waals surface area contributed by atoms with Gasteiger partial charge in [0, 0.05) is 24.1 Å². The molecule has 1 aliphatic heterocycles. The predicted molar refractivity (Wildman–Crippen MR) is 91.9 cm³/mol. The van der Waals surface area contributed by atoms with Crippen molar-refractivity contribution in [1.82, 2.24) is 24.6 Å². The van der Waals surface area contributed by atoms with Crippen LogP contribution in [0.3, 0.4) is 0 Å². The van der Waals surface area contributed by atoms with Crippen molar-refractivity contribution in [3.63, 3.8) is 0 Å². The molecule has 0 aliphatic carbocycles. The van der Waals surface area contributed by atoms with Gasteiger partial charge in [0.1, 0.15) is 11.9 Å². The molecule has 0 unspecified atom stereocenters. The lowest BCUT2D eigenvalue weighted by atomic mass is 10.1. The molecule has 1 atom stereocenters. The molecular formula is C18H19N5O3. The van der Waals surface area contributed by atoms with Gasteiger partial charge in [0.05, 0.1) is 18.8 Å². The van der Waals surface area contributed by atoms with Crippen molar-refractivity contribution in [1.29, 1.82) is 0 Å². The van der Waals surface area contributed by atoms with Crippen LogP contribution < -0.4 is 0 Å². The number of aromatic nitrogens is 4. The molecule has 0 bridgehead atoms. The van der Waals surface area contributed by atoms with Gasteiger partial charge in [-0.1, -0.05) is 11.2 Å². The maximum atomic E-state index is 13.3. The predicted octanol–water partition coefficient (Wildman–Crippen LogP) is 2.09. The number of hydrogen-bond donors (Lipinski definition) is 0. The van der Waals surface area contributed by atoms with Crippen LogP contribution in [0.2, 0.25) is 0 Å². The van der Waals surface area contributed by atoms with E-state index in [0.29, 0.717) is 31.1 Å². The normalized spacial score (nSPS) is 17.5. The fraction of sp³-hybridized carbons (Fsp3) is 0.333. The monoisotopic (exact) mass is 353 g/mol. The number of amides is 1. The summed E-state index contributed by atoms with van der Waals surface area (Å²) in [5, 5.41) is 3.88. The summed E-state index contributed by atoms with van der Waals surface area (Å²) in [5.74, 6) is 1.17. The van der Waals surface area contributed by atoms with Crippen LogP contribution in [0.15, 0.2) is 41.4 Å². The van der Waals surface area contributed by atoms with Crippen LogP contribution in [0, 0.1) is 13.8 Å². The van der Waals surface area contributed by atoms with Gasteiger partial charge in [0.2, 0.25) is 6.39 Å². The van der Waals surface area contributed by atoms with E-state index in [1.807, 2.05) is 42.7 Å². The summed E-state index contributed by atoms with van der Waals surface area (Å²) in [4.78, 5) is 23.5. The van der Waals surface area contributed by atoms with Crippen molar-refractivity contribution in [2.24, 2.45) is 0 Å². The fourth-order valence-electron chi connectivity index (χ4n) is 3.36. The Morgan fingerprint density at radius 1 is 1.27 bits per heavy atom. The first kappa shape index (κ1) is 16.5. The molecule has 0 spiro atoms. The number of hydrogen-bond acceptors (Lipinski definition) is 6. The Kier molecular flexibility index (Phi) is 4.26. The maximum Gasteiger partial charge on any atom is 0.256 e. The molecule has 0 N–H and O–H groups in total. The first-order chi connectivity index (χ1) is 12.7. The Balaban J connectivity index is 1.70. The quantitative estimate of drug-likeness (QED) is 0.717. The lowest BCUT2D eigenvalue weighted by Gasteiger charge is -2.33. The van der Waals surface area contributed by atoms with E-state index in [-0.39, 0.29) is 11.9 Å². The summed E-state index contributed by atoms with van der Waals surface area (Å²) in [6, 6.07) is 7.26. The molecular weight excluding hydrogens is 334 g/mol. The second kappa shape index (κ2) is 6.72. The minimum Gasteiger partial charge on any atom is -0.377 e. The van der Waals surface area contributed by atoms with Gasteiger partial charge >= 0.3 is 0 Å². The van der Waals surface area contributed by atoms with Crippen LogP contribution in [-0.4, -0.2) is 50.3 Å². The molecule has 0 aromatic carbocycles. The van der Waals surface area contributed by atoms with E-state index in [9.17, 15) is 4.79 Å². The molecule has 4 rings (SSSR count). The van der Waals surface area contributed by atoms with Crippen LogP contribution in [0.25, 0.3) is 5.82 Å². The Morgan fingerprint density at radius 3 is 2.88 bits per heavy atom. The zero-order chi connectivity index (χ0) is 18.1. The lowest BCUT2D eigenvalue weighted by Crippen LogP contribution is -2.44. The molecule has 8 heteroatoms. The van der Waals surface area contributed by atoms with Crippen LogP contribution in [0.4, 0.5) is 0 Å². The third-order valence-corrected chi connectivity index (χ3v) is 4.61. The zero-order valence-electron chi connectivity index (χ0n) is 14.6. The van der Waals surface area contributed by atoms with Gasteiger partial charge < -0.3 is 18.7 Å². The molecule has 0 radical (unpaired) electrons. The summed E-state index contributed by atoms with van der Waals surface area (Å²) < 4.78 is 12.3. The van der Waals surface area contributed by atoms with Crippen molar-refractivity contribution in [3.8, 4) is 5.82 Å². The highest BCUT2D eigenvalue weighted by molar-refractivity contribution is 5.96. The first-order valence-electron chi connectivity index (χ1n) is 8.42. The van der Waals surface area contributed by atoms with Crippen molar-refractivity contribution < 1.29 is 14.1 Å². The Labute approximate surface area is 150 Å². The minimum atomic E-state index is -0.354. The van der Waals surface area contributed by atoms with Crippen molar-refractivity contribution >= 4 is 5.91 Å². The summed E-state index contributed by atoms with van der Waals surface area (Å²) in [6.45, 7) is 5.21. The van der Waals surface area contributed by atoms with Crippen molar-refractivity contribution in [3.05, 3.63) is 59.6 Å². The van der Waals surface area contributed by atoms with E-state index >= 15 is 0 Å². The Morgan fingerprint density at radius 2 is 2.15 bits per heavy atom. The van der Waals surface area contributed by atoms with Crippen molar-refractivity contribution in [2.75, 3.05) is 19.8 Å². The number of morpholine rings is 1. The SMILES string of the molecule is Cc1cc(C(=O)N2CCOC[C@@H]2c2ncon2)c(C)n1-c1ccccn1. The number of carbonyl (C=O) groups is 1. The number of ether oxygens (including phenoxy) is 1. The molecule has 134 valence electrons. The van der Waals surface area contributed by atoms with Gasteiger partial charge in [-0.25, -0.2) is 4.98 Å². The number of pyridine rings is 1. The average molecular weight is 353 g/mol. The first-order valence-corrected chi connectivity index (χ1v) is 8.42. The van der Waals surface area contributed by atoms with Gasteiger partial charge in [-0.3, -0.25) is 4.79 Å². The zero-order valence-corrected chi connectivity index (χ0v) is 14.6. The third-order valence-electron chi connectivity index (χ3n) is 4.61. The number of nitrogens with zero attached hydrogens (tertiary/aromatic N) is 5. The van der Waals surface area contributed by atoms with E-state index < -0.39 is 0 Å². The minimum absolute atomic E-state index is 0.0709. The Hall–Kier alpha value is -3.00. The van der Waals surface area contributed by atoms with E-state index in [1.54, 1.807) is 11.1 Å². The van der Waals surface area contributed by atoms with E-state index in [2.05, 4.69) is 15.1 Å². The second-order valence-corrected chi connectivity index (χ2v) is 6.19. The van der Waals surface area contributed by atoms with E-state index in [1.165, 1.54) is 6.39 Å². The molecule has 4 heterocycles. The molecule has 1 saturated heterocycles. The molecule has 3 aromatic heterocycles. The molecule has 26 heavy (non-hydrogen) atoms. The molecule has 1 aliphatic rings. The molecule has 3 aromatic rings. The van der Waals surface area contributed by atoms with Crippen LogP contribution >= 0.6 is 0 Å². The third kappa shape index (κ3) is 2.78. The average Bonchev–Trinajstić information content (AvgIpc) is 3.30. The van der Waals surface area contributed by atoms with Crippen LogP contribution in [0.1, 0.15) is 33.6 Å². The Bertz CT molecular complexity index is 905.